The van der Waals surface area contributed by atoms with Crippen LogP contribution in [0.5, 0.6) is 0 Å². The lowest BCUT2D eigenvalue weighted by atomic mass is 9.82. The maximum atomic E-state index is 13.9. The number of carbonyl (C=O) groups excluding carboxylic acids is 2. The number of carbonyl (C=O) groups is 2. The van der Waals surface area contributed by atoms with Crippen LogP contribution < -0.4 is 5.32 Å². The molecule has 0 heterocycles. The molecule has 39 heavy (non-hydrogen) atoms. The Labute approximate surface area is 245 Å². The Bertz CT molecular complexity index is 924. The third-order valence-electron chi connectivity index (χ3n) is 10.6. The fourth-order valence-electron chi connectivity index (χ4n) is 8.02. The minimum atomic E-state index is -2.96. The van der Waals surface area contributed by atoms with Gasteiger partial charge < -0.3 is 10.2 Å². The zero-order chi connectivity index (χ0) is 27.4. The highest BCUT2D eigenvalue weighted by Gasteiger charge is 2.39. The Hall–Kier alpha value is -0.630. The van der Waals surface area contributed by atoms with E-state index in [0.29, 0.717) is 46.8 Å². The smallest absolute Gasteiger partial charge is 0.226 e. The maximum Gasteiger partial charge on any atom is 0.226 e. The molecule has 8 heteroatoms. The molecule has 0 bridgehead atoms. The van der Waals surface area contributed by atoms with Gasteiger partial charge in [0.1, 0.15) is 0 Å². The minimum Gasteiger partial charge on any atom is -0.353 e. The molecule has 1 N–H and O–H groups in total. The lowest BCUT2D eigenvalue weighted by Crippen LogP contribution is -2.52. The molecule has 0 spiro atoms. The Morgan fingerprint density at radius 3 is 1.90 bits per heavy atom. The van der Waals surface area contributed by atoms with Crippen molar-refractivity contribution in [2.24, 2.45) is 17.8 Å². The van der Waals surface area contributed by atoms with Gasteiger partial charge in [-0.3, -0.25) is 9.59 Å². The van der Waals surface area contributed by atoms with E-state index < -0.39 is 9.84 Å². The normalized spacial score (nSPS) is 34.8. The van der Waals surface area contributed by atoms with Gasteiger partial charge in [-0.15, -0.1) is 0 Å². The van der Waals surface area contributed by atoms with Crippen LogP contribution in [0.3, 0.4) is 0 Å². The molecule has 0 aromatic rings. The van der Waals surface area contributed by atoms with Crippen LogP contribution in [-0.4, -0.2) is 59.1 Å². The summed E-state index contributed by atoms with van der Waals surface area (Å²) in [6.45, 7) is 0. The Morgan fingerprint density at radius 2 is 1.28 bits per heavy atom. The molecule has 5 aliphatic rings. The number of nitrogens with one attached hydrogen (secondary N) is 1. The van der Waals surface area contributed by atoms with Crippen LogP contribution in [-0.2, 0) is 19.4 Å². The van der Waals surface area contributed by atoms with Gasteiger partial charge in [0.2, 0.25) is 11.8 Å². The van der Waals surface area contributed by atoms with Crippen molar-refractivity contribution in [3.05, 3.63) is 0 Å². The van der Waals surface area contributed by atoms with E-state index in [1.807, 2.05) is 0 Å². The van der Waals surface area contributed by atoms with Crippen molar-refractivity contribution in [3.8, 4) is 0 Å². The van der Waals surface area contributed by atoms with Crippen molar-refractivity contribution in [3.63, 3.8) is 0 Å². The molecule has 0 aromatic carbocycles. The standard InChI is InChI=1S/C31H51BrN2O4S/c32-25-12-16-28(17-13-25)34(27-4-2-1-3-5-27)31(36)24-10-14-26(15-11-24)33-30(35)20-22-8-18-29(19-9-22)39(37,38)21-23-6-7-23/h22-29H,1-21H2,(H,33,35). The highest BCUT2D eigenvalue weighted by atomic mass is 79.9. The van der Waals surface area contributed by atoms with Crippen LogP contribution in [0.4, 0.5) is 0 Å². The summed E-state index contributed by atoms with van der Waals surface area (Å²) < 4.78 is 25.3. The van der Waals surface area contributed by atoms with Crippen molar-refractivity contribution < 1.29 is 18.0 Å². The summed E-state index contributed by atoms with van der Waals surface area (Å²) in [5.41, 5.74) is 0. The number of hydrogen-bond donors (Lipinski definition) is 1. The average Bonchev–Trinajstić information content (AvgIpc) is 3.74. The van der Waals surface area contributed by atoms with Crippen LogP contribution in [0, 0.1) is 17.8 Å². The molecule has 6 nitrogen and oxygen atoms in total. The number of halogens is 1. The Balaban J connectivity index is 1.05. The van der Waals surface area contributed by atoms with Crippen LogP contribution in [0.25, 0.3) is 0 Å². The lowest BCUT2D eigenvalue weighted by Gasteiger charge is -2.44. The summed E-state index contributed by atoms with van der Waals surface area (Å²) in [5, 5.41) is 3.09. The molecule has 222 valence electrons. The molecule has 5 saturated carbocycles. The molecular weight excluding hydrogens is 576 g/mol. The van der Waals surface area contributed by atoms with Crippen molar-refractivity contribution >= 4 is 37.6 Å². The second-order valence-corrected chi connectivity index (χ2v) is 17.3. The molecule has 5 fully saturated rings. The molecule has 0 unspecified atom stereocenters. The van der Waals surface area contributed by atoms with Gasteiger partial charge in [-0.25, -0.2) is 8.42 Å². The monoisotopic (exact) mass is 626 g/mol. The van der Waals surface area contributed by atoms with E-state index in [9.17, 15) is 18.0 Å². The molecule has 0 aromatic heterocycles. The van der Waals surface area contributed by atoms with E-state index in [-0.39, 0.29) is 23.1 Å². The van der Waals surface area contributed by atoms with Gasteiger partial charge in [-0.1, -0.05) is 35.2 Å². The first kappa shape index (κ1) is 29.8. The van der Waals surface area contributed by atoms with E-state index in [1.165, 1.54) is 32.1 Å². The zero-order valence-corrected chi connectivity index (χ0v) is 26.2. The zero-order valence-electron chi connectivity index (χ0n) is 23.8. The molecule has 2 amide bonds. The maximum absolute atomic E-state index is 13.9. The topological polar surface area (TPSA) is 83.5 Å². The number of rotatable bonds is 9. The van der Waals surface area contributed by atoms with Crippen LogP contribution in [0.15, 0.2) is 0 Å². The van der Waals surface area contributed by atoms with Gasteiger partial charge in [0.05, 0.1) is 11.0 Å². The largest absolute Gasteiger partial charge is 0.353 e. The Kier molecular flexibility index (Phi) is 10.4. The van der Waals surface area contributed by atoms with E-state index in [4.69, 9.17) is 0 Å². The summed E-state index contributed by atoms with van der Waals surface area (Å²) in [6.07, 6.45) is 20.0. The predicted octanol–water partition coefficient (Wildman–Crippen LogP) is 6.30. The third-order valence-corrected chi connectivity index (χ3v) is 14.0. The van der Waals surface area contributed by atoms with E-state index in [0.717, 1.165) is 89.9 Å². The number of amides is 2. The highest BCUT2D eigenvalue weighted by molar-refractivity contribution is 9.09. The fourth-order valence-corrected chi connectivity index (χ4v) is 10.8. The first-order valence-electron chi connectivity index (χ1n) is 16.3. The molecule has 0 aliphatic heterocycles. The fraction of sp³-hybridized carbons (Fsp3) is 0.935. The van der Waals surface area contributed by atoms with Gasteiger partial charge in [-0.05, 0) is 115 Å². The second-order valence-electron chi connectivity index (χ2n) is 13.7. The minimum absolute atomic E-state index is 0.106. The molecule has 0 radical (unpaired) electrons. The number of nitrogens with zero attached hydrogens (tertiary/aromatic N) is 1. The first-order valence-corrected chi connectivity index (χ1v) is 18.9. The highest BCUT2D eigenvalue weighted by Crippen LogP contribution is 2.37. The van der Waals surface area contributed by atoms with Gasteiger partial charge in [-0.2, -0.15) is 0 Å². The first-order chi connectivity index (χ1) is 18.8. The lowest BCUT2D eigenvalue weighted by molar-refractivity contribution is -0.143. The van der Waals surface area contributed by atoms with Gasteiger partial charge >= 0.3 is 0 Å². The molecule has 0 saturated heterocycles. The summed E-state index contributed by atoms with van der Waals surface area (Å²) in [6, 6.07) is 1.01. The average molecular weight is 628 g/mol. The van der Waals surface area contributed by atoms with Gasteiger partial charge in [0.15, 0.2) is 9.84 Å². The third kappa shape index (κ3) is 8.23. The molecule has 5 rings (SSSR count). The Morgan fingerprint density at radius 1 is 0.692 bits per heavy atom. The van der Waals surface area contributed by atoms with Crippen LogP contribution in [0.1, 0.15) is 128 Å². The van der Waals surface area contributed by atoms with Crippen molar-refractivity contribution in [1.82, 2.24) is 10.2 Å². The van der Waals surface area contributed by atoms with E-state index >= 15 is 0 Å². The number of sulfone groups is 1. The van der Waals surface area contributed by atoms with Crippen molar-refractivity contribution in [2.45, 2.75) is 157 Å². The van der Waals surface area contributed by atoms with Crippen LogP contribution in [0.2, 0.25) is 0 Å². The number of hydrogen-bond acceptors (Lipinski definition) is 4. The molecule has 5 aliphatic carbocycles. The van der Waals surface area contributed by atoms with E-state index in [2.05, 4.69) is 26.1 Å². The second kappa shape index (κ2) is 13.6. The number of alkyl halides is 1. The summed E-state index contributed by atoms with van der Waals surface area (Å²) in [4.78, 5) is 29.7. The SMILES string of the molecule is O=C(CC1CCC(S(=O)(=O)CC2CC2)CC1)NC1CCC(C(=O)N(C2CCCCC2)C2CCC(Br)CC2)CC1. The van der Waals surface area contributed by atoms with Gasteiger partial charge in [0, 0.05) is 35.3 Å². The van der Waals surface area contributed by atoms with Crippen molar-refractivity contribution in [1.29, 1.82) is 0 Å². The molecule has 0 atom stereocenters. The molecular formula is C31H51BrN2O4S. The van der Waals surface area contributed by atoms with Gasteiger partial charge in [0.25, 0.3) is 0 Å². The van der Waals surface area contributed by atoms with Crippen molar-refractivity contribution in [2.75, 3.05) is 5.75 Å². The quantitative estimate of drug-likeness (QED) is 0.304. The summed E-state index contributed by atoms with van der Waals surface area (Å²) in [5.74, 6) is 1.71. The van der Waals surface area contributed by atoms with E-state index in [1.54, 1.807) is 0 Å². The summed E-state index contributed by atoms with van der Waals surface area (Å²) in [7, 11) is -2.96. The predicted molar refractivity (Wildman–Crippen MR) is 159 cm³/mol. The summed E-state index contributed by atoms with van der Waals surface area (Å²) >= 11 is 3.79. The van der Waals surface area contributed by atoms with Crippen LogP contribution >= 0.6 is 15.9 Å².